The van der Waals surface area contributed by atoms with Crippen LogP contribution in [0.5, 0.6) is 0 Å². The van der Waals surface area contributed by atoms with Crippen molar-refractivity contribution in [2.24, 2.45) is 7.05 Å². The topological polar surface area (TPSA) is 50.6 Å². The zero-order valence-corrected chi connectivity index (χ0v) is 15.5. The molecule has 7 heteroatoms. The Morgan fingerprint density at radius 2 is 1.87 bits per heavy atom. The molecule has 2 heterocycles. The van der Waals surface area contributed by atoms with Gasteiger partial charge in [-0.1, -0.05) is 18.5 Å². The molecule has 0 atom stereocenters. The van der Waals surface area contributed by atoms with E-state index in [1.807, 2.05) is 27.8 Å². The zero-order valence-electron chi connectivity index (χ0n) is 14.7. The Kier molecular flexibility index (Phi) is 5.57. The summed E-state index contributed by atoms with van der Waals surface area (Å²) in [6.07, 6.45) is 0.638. The molecule has 0 aromatic carbocycles. The quantitative estimate of drug-likeness (QED) is 0.847. The lowest BCUT2D eigenvalue weighted by molar-refractivity contribution is 0.0139. The van der Waals surface area contributed by atoms with Crippen molar-refractivity contribution in [1.82, 2.24) is 19.6 Å². The molecule has 0 N–H and O–H groups in total. The summed E-state index contributed by atoms with van der Waals surface area (Å²) in [6.45, 7) is 11.5. The molecule has 1 aromatic heterocycles. The van der Waals surface area contributed by atoms with Gasteiger partial charge in [-0.05, 0) is 27.2 Å². The summed E-state index contributed by atoms with van der Waals surface area (Å²) >= 11 is 6.35. The van der Waals surface area contributed by atoms with Crippen molar-refractivity contribution in [3.8, 4) is 0 Å². The van der Waals surface area contributed by atoms with Crippen molar-refractivity contribution in [2.45, 2.75) is 46.3 Å². The molecule has 23 heavy (non-hydrogen) atoms. The van der Waals surface area contributed by atoms with E-state index < -0.39 is 5.60 Å². The Morgan fingerprint density at radius 1 is 1.26 bits per heavy atom. The SMILES string of the molecule is CCc1nn(C)c(Cl)c1CN1CCN(C(=O)OC(C)(C)C)CC1. The fourth-order valence-corrected chi connectivity index (χ4v) is 2.89. The maximum atomic E-state index is 12.1. The first-order valence-electron chi connectivity index (χ1n) is 8.11. The van der Waals surface area contributed by atoms with Gasteiger partial charge in [-0.15, -0.1) is 0 Å². The Morgan fingerprint density at radius 3 is 2.39 bits per heavy atom. The van der Waals surface area contributed by atoms with Crippen LogP contribution in [0.15, 0.2) is 0 Å². The van der Waals surface area contributed by atoms with E-state index in [0.29, 0.717) is 18.2 Å². The minimum atomic E-state index is -0.451. The van der Waals surface area contributed by atoms with Crippen LogP contribution >= 0.6 is 11.6 Å². The van der Waals surface area contributed by atoms with Crippen LogP contribution < -0.4 is 0 Å². The fraction of sp³-hybridized carbons (Fsp3) is 0.750. The van der Waals surface area contributed by atoms with Crippen LogP contribution in [0.25, 0.3) is 0 Å². The van der Waals surface area contributed by atoms with Crippen molar-refractivity contribution in [3.63, 3.8) is 0 Å². The van der Waals surface area contributed by atoms with Gasteiger partial charge < -0.3 is 9.64 Å². The largest absolute Gasteiger partial charge is 0.444 e. The molecule has 0 unspecified atom stereocenters. The van der Waals surface area contributed by atoms with Crippen molar-refractivity contribution in [3.05, 3.63) is 16.4 Å². The molecule has 1 aromatic rings. The Balaban J connectivity index is 1.92. The molecule has 0 spiro atoms. The van der Waals surface area contributed by atoms with E-state index in [1.54, 1.807) is 9.58 Å². The summed E-state index contributed by atoms with van der Waals surface area (Å²) in [5.41, 5.74) is 1.70. The van der Waals surface area contributed by atoms with Gasteiger partial charge in [0.2, 0.25) is 0 Å². The molecular formula is C16H27ClN4O2. The van der Waals surface area contributed by atoms with Crippen molar-refractivity contribution in [1.29, 1.82) is 0 Å². The Labute approximate surface area is 143 Å². The molecule has 1 amide bonds. The van der Waals surface area contributed by atoms with Crippen LogP contribution in [0.3, 0.4) is 0 Å². The fourth-order valence-electron chi connectivity index (χ4n) is 2.68. The minimum Gasteiger partial charge on any atom is -0.444 e. The predicted molar refractivity (Wildman–Crippen MR) is 90.7 cm³/mol. The number of nitrogens with zero attached hydrogens (tertiary/aromatic N) is 4. The molecule has 0 saturated carbocycles. The molecule has 2 rings (SSSR count). The molecule has 1 fully saturated rings. The molecule has 1 aliphatic rings. The van der Waals surface area contributed by atoms with E-state index in [9.17, 15) is 4.79 Å². The number of rotatable bonds is 3. The van der Waals surface area contributed by atoms with E-state index in [4.69, 9.17) is 16.3 Å². The molecular weight excluding hydrogens is 316 g/mol. The van der Waals surface area contributed by atoms with Gasteiger partial charge in [-0.3, -0.25) is 9.58 Å². The van der Waals surface area contributed by atoms with E-state index in [1.165, 1.54) is 0 Å². The number of carbonyl (C=O) groups excluding carboxylic acids is 1. The van der Waals surface area contributed by atoms with Crippen molar-refractivity contribution >= 4 is 17.7 Å². The van der Waals surface area contributed by atoms with Crippen LogP contribution in [0.1, 0.15) is 39.0 Å². The predicted octanol–water partition coefficient (Wildman–Crippen LogP) is 2.69. The minimum absolute atomic E-state index is 0.231. The van der Waals surface area contributed by atoms with Crippen molar-refractivity contribution < 1.29 is 9.53 Å². The average Bonchev–Trinajstić information content (AvgIpc) is 2.74. The van der Waals surface area contributed by atoms with E-state index in [2.05, 4.69) is 16.9 Å². The number of carbonyl (C=O) groups is 1. The van der Waals surface area contributed by atoms with Crippen molar-refractivity contribution in [2.75, 3.05) is 26.2 Å². The van der Waals surface area contributed by atoms with E-state index in [0.717, 1.165) is 37.3 Å². The highest BCUT2D eigenvalue weighted by atomic mass is 35.5. The molecule has 0 radical (unpaired) electrons. The molecule has 0 bridgehead atoms. The van der Waals surface area contributed by atoms with Gasteiger partial charge in [0.05, 0.1) is 5.69 Å². The maximum absolute atomic E-state index is 12.1. The summed E-state index contributed by atoms with van der Waals surface area (Å²) < 4.78 is 7.15. The molecule has 1 aliphatic heterocycles. The Bertz CT molecular complexity index is 557. The first-order chi connectivity index (χ1) is 10.7. The second-order valence-corrected chi connectivity index (χ2v) is 7.29. The lowest BCUT2D eigenvalue weighted by Crippen LogP contribution is -2.49. The van der Waals surface area contributed by atoms with Gasteiger partial charge in [-0.2, -0.15) is 5.10 Å². The highest BCUT2D eigenvalue weighted by Gasteiger charge is 2.26. The monoisotopic (exact) mass is 342 g/mol. The first kappa shape index (κ1) is 18.1. The van der Waals surface area contributed by atoms with Gasteiger partial charge in [0.15, 0.2) is 0 Å². The number of piperazine rings is 1. The van der Waals surface area contributed by atoms with Gasteiger partial charge in [-0.25, -0.2) is 4.79 Å². The highest BCUT2D eigenvalue weighted by Crippen LogP contribution is 2.22. The average molecular weight is 343 g/mol. The second kappa shape index (κ2) is 7.09. The second-order valence-electron chi connectivity index (χ2n) is 6.94. The van der Waals surface area contributed by atoms with Crippen LogP contribution in [0, 0.1) is 0 Å². The molecule has 1 saturated heterocycles. The number of hydrogen-bond donors (Lipinski definition) is 0. The first-order valence-corrected chi connectivity index (χ1v) is 8.49. The number of hydrogen-bond acceptors (Lipinski definition) is 4. The number of amides is 1. The standard InChI is InChI=1S/C16H27ClN4O2/c1-6-13-12(14(17)19(5)18-13)11-20-7-9-21(10-8-20)15(22)23-16(2,3)4/h6-11H2,1-5H3. The van der Waals surface area contributed by atoms with Gasteiger partial charge in [0.1, 0.15) is 10.8 Å². The maximum Gasteiger partial charge on any atom is 0.410 e. The molecule has 130 valence electrons. The van der Waals surface area contributed by atoms with Crippen LogP contribution in [0.2, 0.25) is 5.15 Å². The lowest BCUT2D eigenvalue weighted by Gasteiger charge is -2.35. The van der Waals surface area contributed by atoms with Crippen LogP contribution in [-0.2, 0) is 24.8 Å². The highest BCUT2D eigenvalue weighted by molar-refractivity contribution is 6.30. The summed E-state index contributed by atoms with van der Waals surface area (Å²) in [4.78, 5) is 16.2. The van der Waals surface area contributed by atoms with Crippen LogP contribution in [-0.4, -0.2) is 57.5 Å². The lowest BCUT2D eigenvalue weighted by atomic mass is 10.2. The third-order valence-electron chi connectivity index (χ3n) is 3.89. The number of aryl methyl sites for hydroxylation is 2. The number of aromatic nitrogens is 2. The molecule has 0 aliphatic carbocycles. The number of halogens is 1. The Hall–Kier alpha value is -1.27. The number of ether oxygens (including phenoxy) is 1. The van der Waals surface area contributed by atoms with E-state index in [-0.39, 0.29) is 6.09 Å². The normalized spacial score (nSPS) is 16.7. The summed E-state index contributed by atoms with van der Waals surface area (Å²) in [6, 6.07) is 0. The van der Waals surface area contributed by atoms with Gasteiger partial charge >= 0.3 is 6.09 Å². The van der Waals surface area contributed by atoms with E-state index >= 15 is 0 Å². The molecule has 6 nitrogen and oxygen atoms in total. The van der Waals surface area contributed by atoms with Crippen LogP contribution in [0.4, 0.5) is 4.79 Å². The summed E-state index contributed by atoms with van der Waals surface area (Å²) in [5.74, 6) is 0. The van der Waals surface area contributed by atoms with Gasteiger partial charge in [0.25, 0.3) is 0 Å². The summed E-state index contributed by atoms with van der Waals surface area (Å²) in [7, 11) is 1.87. The third kappa shape index (κ3) is 4.61. The smallest absolute Gasteiger partial charge is 0.410 e. The summed E-state index contributed by atoms with van der Waals surface area (Å²) in [5, 5.41) is 5.16. The van der Waals surface area contributed by atoms with Gasteiger partial charge in [0, 0.05) is 45.3 Å². The third-order valence-corrected chi connectivity index (χ3v) is 4.37. The zero-order chi connectivity index (χ0) is 17.2.